The van der Waals surface area contributed by atoms with Crippen LogP contribution in [0.1, 0.15) is 6.23 Å². The second-order valence-corrected chi connectivity index (χ2v) is 4.37. The van der Waals surface area contributed by atoms with E-state index in [9.17, 15) is 14.7 Å². The zero-order chi connectivity index (χ0) is 14.0. The van der Waals surface area contributed by atoms with Gasteiger partial charge in [-0.1, -0.05) is 0 Å². The van der Waals surface area contributed by atoms with Crippen molar-refractivity contribution in [3.05, 3.63) is 33.1 Å². The van der Waals surface area contributed by atoms with E-state index in [1.165, 1.54) is 23.9 Å². The van der Waals surface area contributed by atoms with Gasteiger partial charge in [-0.3, -0.25) is 14.3 Å². The van der Waals surface area contributed by atoms with E-state index in [4.69, 9.17) is 14.6 Å². The van der Waals surface area contributed by atoms with Crippen LogP contribution in [0.5, 0.6) is 0 Å². The minimum atomic E-state index is -0.950. The standard InChI is InChI=1S/C11H16N2O6/c1-18-5-6-9(16)7(4-14)19-10(6)13-3-2-8(15)12-11(13)17/h2-3,6-7,9-10,14,16H,4-5H2,1H3,(H,12,15,17)/t6-,7-,9+,10-/m1/s1. The predicted molar refractivity (Wildman–Crippen MR) is 63.7 cm³/mol. The fourth-order valence-electron chi connectivity index (χ4n) is 2.23. The molecule has 1 aromatic heterocycles. The topological polar surface area (TPSA) is 114 Å². The van der Waals surface area contributed by atoms with E-state index in [0.717, 1.165) is 0 Å². The van der Waals surface area contributed by atoms with Crippen molar-refractivity contribution in [1.29, 1.82) is 0 Å². The van der Waals surface area contributed by atoms with Gasteiger partial charge in [0.25, 0.3) is 5.56 Å². The first-order valence-corrected chi connectivity index (χ1v) is 5.83. The number of hydrogen-bond donors (Lipinski definition) is 3. The third-order valence-electron chi connectivity index (χ3n) is 3.16. The number of H-pyrrole nitrogens is 1. The van der Waals surface area contributed by atoms with Crippen molar-refractivity contribution in [3.63, 3.8) is 0 Å². The molecule has 2 rings (SSSR count). The second kappa shape index (κ2) is 5.66. The van der Waals surface area contributed by atoms with Crippen LogP contribution in [0.25, 0.3) is 0 Å². The Balaban J connectivity index is 2.36. The first-order valence-electron chi connectivity index (χ1n) is 5.83. The maximum absolute atomic E-state index is 11.7. The molecule has 2 heterocycles. The van der Waals surface area contributed by atoms with Crippen LogP contribution >= 0.6 is 0 Å². The SMILES string of the molecule is COC[C@@H]1[C@H](O)[C@@H](CO)O[C@H]1n1ccc(=O)[nH]c1=O. The molecule has 0 bridgehead atoms. The molecule has 1 aliphatic rings. The summed E-state index contributed by atoms with van der Waals surface area (Å²) in [5.74, 6) is -0.509. The van der Waals surface area contributed by atoms with Crippen LogP contribution in [0.3, 0.4) is 0 Å². The van der Waals surface area contributed by atoms with E-state index in [1.54, 1.807) is 0 Å². The summed E-state index contributed by atoms with van der Waals surface area (Å²) in [5, 5.41) is 19.1. The highest BCUT2D eigenvalue weighted by molar-refractivity contribution is 4.92. The van der Waals surface area contributed by atoms with Gasteiger partial charge in [-0.2, -0.15) is 0 Å². The van der Waals surface area contributed by atoms with Gasteiger partial charge in [0, 0.05) is 19.4 Å². The zero-order valence-electron chi connectivity index (χ0n) is 10.4. The Kier molecular flexibility index (Phi) is 4.15. The van der Waals surface area contributed by atoms with E-state index in [0.29, 0.717) is 0 Å². The average Bonchev–Trinajstić information content (AvgIpc) is 2.68. The lowest BCUT2D eigenvalue weighted by Gasteiger charge is -2.20. The van der Waals surface area contributed by atoms with Crippen LogP contribution in [0.2, 0.25) is 0 Å². The molecule has 0 unspecified atom stereocenters. The van der Waals surface area contributed by atoms with Crippen molar-refractivity contribution in [1.82, 2.24) is 9.55 Å². The molecule has 0 saturated carbocycles. The molecule has 0 aromatic carbocycles. The third-order valence-corrected chi connectivity index (χ3v) is 3.16. The molecule has 0 amide bonds. The number of aliphatic hydroxyl groups is 2. The van der Waals surface area contributed by atoms with E-state index in [1.807, 2.05) is 0 Å². The number of methoxy groups -OCH3 is 1. The van der Waals surface area contributed by atoms with Crippen molar-refractivity contribution in [3.8, 4) is 0 Å². The second-order valence-electron chi connectivity index (χ2n) is 4.37. The van der Waals surface area contributed by atoms with Gasteiger partial charge in [0.2, 0.25) is 0 Å². The fraction of sp³-hybridized carbons (Fsp3) is 0.636. The molecular weight excluding hydrogens is 256 g/mol. The number of nitrogens with zero attached hydrogens (tertiary/aromatic N) is 1. The highest BCUT2D eigenvalue weighted by atomic mass is 16.5. The fourth-order valence-corrected chi connectivity index (χ4v) is 2.23. The highest BCUT2D eigenvalue weighted by Gasteiger charge is 2.44. The summed E-state index contributed by atoms with van der Waals surface area (Å²) in [6.45, 7) is -0.204. The Hall–Kier alpha value is -1.48. The first-order chi connectivity index (χ1) is 9.08. The van der Waals surface area contributed by atoms with Crippen LogP contribution in [-0.4, -0.2) is 52.3 Å². The summed E-state index contributed by atoms with van der Waals surface area (Å²) < 4.78 is 11.6. The Labute approximate surface area is 108 Å². The summed E-state index contributed by atoms with van der Waals surface area (Å²) in [6.07, 6.45) is -1.24. The summed E-state index contributed by atoms with van der Waals surface area (Å²) in [7, 11) is 1.46. The van der Waals surface area contributed by atoms with Gasteiger partial charge in [0.1, 0.15) is 12.3 Å². The Bertz CT molecular complexity index is 538. The lowest BCUT2D eigenvalue weighted by atomic mass is 10.0. The number of hydrogen-bond acceptors (Lipinski definition) is 6. The van der Waals surface area contributed by atoms with Gasteiger partial charge in [0.05, 0.1) is 25.2 Å². The first kappa shape index (κ1) is 13.9. The lowest BCUT2D eigenvalue weighted by molar-refractivity contribution is -0.0503. The molecule has 0 spiro atoms. The zero-order valence-corrected chi connectivity index (χ0v) is 10.4. The van der Waals surface area contributed by atoms with Crippen LogP contribution in [-0.2, 0) is 9.47 Å². The smallest absolute Gasteiger partial charge is 0.330 e. The van der Waals surface area contributed by atoms with E-state index in [2.05, 4.69) is 4.98 Å². The largest absolute Gasteiger partial charge is 0.394 e. The number of aliphatic hydroxyl groups excluding tert-OH is 2. The van der Waals surface area contributed by atoms with Gasteiger partial charge >= 0.3 is 5.69 Å². The molecule has 4 atom stereocenters. The van der Waals surface area contributed by atoms with E-state index < -0.39 is 35.6 Å². The molecule has 1 saturated heterocycles. The number of nitrogens with one attached hydrogen (secondary N) is 1. The van der Waals surface area contributed by atoms with Crippen molar-refractivity contribution in [2.24, 2.45) is 5.92 Å². The molecule has 1 aromatic rings. The quantitative estimate of drug-likeness (QED) is 0.587. The molecule has 0 aliphatic carbocycles. The van der Waals surface area contributed by atoms with Crippen LogP contribution in [0.15, 0.2) is 21.9 Å². The number of rotatable bonds is 4. The maximum atomic E-state index is 11.7. The van der Waals surface area contributed by atoms with Crippen LogP contribution < -0.4 is 11.2 Å². The lowest BCUT2D eigenvalue weighted by Crippen LogP contribution is -2.36. The Morgan fingerprint density at radius 2 is 2.26 bits per heavy atom. The van der Waals surface area contributed by atoms with E-state index >= 15 is 0 Å². The molecule has 8 nitrogen and oxygen atoms in total. The van der Waals surface area contributed by atoms with Gasteiger partial charge < -0.3 is 19.7 Å². The summed E-state index contributed by atoms with van der Waals surface area (Å²) >= 11 is 0. The third kappa shape index (κ3) is 2.61. The molecule has 19 heavy (non-hydrogen) atoms. The number of aromatic amines is 1. The molecule has 3 N–H and O–H groups in total. The number of aromatic nitrogens is 2. The molecule has 1 fully saturated rings. The molecule has 0 radical (unpaired) electrons. The highest BCUT2D eigenvalue weighted by Crippen LogP contribution is 2.33. The van der Waals surface area contributed by atoms with Gasteiger partial charge in [0.15, 0.2) is 0 Å². The van der Waals surface area contributed by atoms with Crippen molar-refractivity contribution in [2.45, 2.75) is 18.4 Å². The van der Waals surface area contributed by atoms with Crippen molar-refractivity contribution >= 4 is 0 Å². The summed E-state index contributed by atoms with van der Waals surface area (Å²) in [6, 6.07) is 1.19. The normalized spacial score (nSPS) is 30.7. The van der Waals surface area contributed by atoms with Crippen molar-refractivity contribution < 1.29 is 19.7 Å². The van der Waals surface area contributed by atoms with Crippen LogP contribution in [0.4, 0.5) is 0 Å². The monoisotopic (exact) mass is 272 g/mol. The van der Waals surface area contributed by atoms with Gasteiger partial charge in [-0.25, -0.2) is 4.79 Å². The van der Waals surface area contributed by atoms with Gasteiger partial charge in [-0.15, -0.1) is 0 Å². The minimum absolute atomic E-state index is 0.161. The predicted octanol–water partition coefficient (Wildman–Crippen LogP) is -1.95. The Morgan fingerprint density at radius 3 is 2.84 bits per heavy atom. The summed E-state index contributed by atoms with van der Waals surface area (Å²) in [4.78, 5) is 24.9. The molecule has 106 valence electrons. The van der Waals surface area contributed by atoms with Gasteiger partial charge in [-0.05, 0) is 0 Å². The minimum Gasteiger partial charge on any atom is -0.394 e. The van der Waals surface area contributed by atoms with E-state index in [-0.39, 0.29) is 13.2 Å². The average molecular weight is 272 g/mol. The summed E-state index contributed by atoms with van der Waals surface area (Å²) in [5.41, 5.74) is -1.15. The number of ether oxygens (including phenoxy) is 2. The Morgan fingerprint density at radius 1 is 1.53 bits per heavy atom. The molecule has 8 heteroatoms. The molecule has 1 aliphatic heterocycles. The maximum Gasteiger partial charge on any atom is 0.330 e. The van der Waals surface area contributed by atoms with Crippen molar-refractivity contribution in [2.75, 3.05) is 20.3 Å². The van der Waals surface area contributed by atoms with Crippen LogP contribution in [0, 0.1) is 5.92 Å². The molecular formula is C11H16N2O6.